The first-order valence-electron chi connectivity index (χ1n) is 5.68. The number of nitrogens with one attached hydrogen (secondary N) is 1. The van der Waals surface area contributed by atoms with Gasteiger partial charge in [-0.15, -0.1) is 11.3 Å². The Morgan fingerprint density at radius 1 is 1.30 bits per heavy atom. The zero-order chi connectivity index (χ0) is 14.9. The highest BCUT2D eigenvalue weighted by Crippen LogP contribution is 2.29. The largest absolute Gasteiger partial charge is 0.248 e. The van der Waals surface area contributed by atoms with Gasteiger partial charge in [-0.25, -0.2) is 18.1 Å². The Kier molecular flexibility index (Phi) is 5.01. The number of nitrogens with zero attached hydrogens (tertiary/aromatic N) is 1. The fourth-order valence-electron chi connectivity index (χ4n) is 1.63. The highest BCUT2D eigenvalue weighted by atomic mass is 79.9. The fourth-order valence-corrected chi connectivity index (χ4v) is 5.23. The van der Waals surface area contributed by atoms with E-state index >= 15 is 0 Å². The number of sulfonamides is 1. The van der Waals surface area contributed by atoms with E-state index in [4.69, 9.17) is 0 Å². The molecule has 0 aliphatic rings. The van der Waals surface area contributed by atoms with E-state index in [1.807, 2.05) is 12.3 Å². The van der Waals surface area contributed by atoms with Crippen molar-refractivity contribution in [1.29, 1.82) is 0 Å². The summed E-state index contributed by atoms with van der Waals surface area (Å²) in [6.45, 7) is 3.67. The summed E-state index contributed by atoms with van der Waals surface area (Å²) in [5.41, 5.74) is 0.962. The van der Waals surface area contributed by atoms with Gasteiger partial charge in [-0.05, 0) is 47.5 Å². The molecule has 0 spiro atoms. The van der Waals surface area contributed by atoms with Gasteiger partial charge >= 0.3 is 0 Å². The van der Waals surface area contributed by atoms with E-state index in [-0.39, 0.29) is 10.9 Å². The van der Waals surface area contributed by atoms with Crippen LogP contribution in [0, 0.1) is 6.92 Å². The molecule has 0 radical (unpaired) electrons. The lowest BCUT2D eigenvalue weighted by molar-refractivity contribution is 0.566. The minimum atomic E-state index is -3.62. The van der Waals surface area contributed by atoms with Gasteiger partial charge in [0.25, 0.3) is 0 Å². The van der Waals surface area contributed by atoms with Crippen LogP contribution in [-0.2, 0) is 10.0 Å². The molecule has 1 unspecified atom stereocenters. The number of benzene rings is 1. The summed E-state index contributed by atoms with van der Waals surface area (Å²) < 4.78 is 28.8. The average Bonchev–Trinajstić information content (AvgIpc) is 2.86. The molecule has 0 fully saturated rings. The summed E-state index contributed by atoms with van der Waals surface area (Å²) in [4.78, 5) is 4.33. The van der Waals surface area contributed by atoms with Crippen LogP contribution in [0.25, 0.3) is 0 Å². The van der Waals surface area contributed by atoms with Crippen molar-refractivity contribution in [2.75, 3.05) is 0 Å². The molecule has 108 valence electrons. The number of thiazole rings is 1. The minimum Gasteiger partial charge on any atom is -0.248 e. The first kappa shape index (κ1) is 16.1. The van der Waals surface area contributed by atoms with Crippen LogP contribution in [0.3, 0.4) is 0 Å². The van der Waals surface area contributed by atoms with Crippen LogP contribution in [0.4, 0.5) is 0 Å². The van der Waals surface area contributed by atoms with Crippen LogP contribution in [-0.4, -0.2) is 13.4 Å². The van der Waals surface area contributed by atoms with Crippen molar-refractivity contribution in [2.45, 2.75) is 24.8 Å². The van der Waals surface area contributed by atoms with Crippen molar-refractivity contribution >= 4 is 53.2 Å². The van der Waals surface area contributed by atoms with Gasteiger partial charge in [-0.3, -0.25) is 0 Å². The maximum atomic E-state index is 12.4. The standard InChI is InChI=1S/C12H12Br2N2O2S2/c1-7-5-10(14)11(6-9(7)13)20(17,18)16-8(2)12-15-3-4-19-12/h3-6,8,16H,1-2H3. The van der Waals surface area contributed by atoms with Crippen LogP contribution < -0.4 is 4.72 Å². The third-order valence-electron chi connectivity index (χ3n) is 2.66. The second kappa shape index (κ2) is 6.23. The smallest absolute Gasteiger partial charge is 0.242 e. The Hall–Kier alpha value is -0.280. The van der Waals surface area contributed by atoms with Gasteiger partial charge in [0.1, 0.15) is 5.01 Å². The molecule has 0 saturated carbocycles. The molecule has 1 aromatic carbocycles. The Morgan fingerprint density at radius 2 is 2.00 bits per heavy atom. The van der Waals surface area contributed by atoms with Crippen molar-refractivity contribution in [3.63, 3.8) is 0 Å². The second-order valence-corrected chi connectivity index (χ2v) is 8.56. The Morgan fingerprint density at radius 3 is 2.60 bits per heavy atom. The predicted octanol–water partition coefficient (Wildman–Crippen LogP) is 4.02. The van der Waals surface area contributed by atoms with E-state index in [9.17, 15) is 8.42 Å². The van der Waals surface area contributed by atoms with Crippen molar-refractivity contribution < 1.29 is 8.42 Å². The van der Waals surface area contributed by atoms with Gasteiger partial charge in [-0.1, -0.05) is 15.9 Å². The maximum absolute atomic E-state index is 12.4. The summed E-state index contributed by atoms with van der Waals surface area (Å²) in [5.74, 6) is 0. The SMILES string of the molecule is Cc1cc(Br)c(S(=O)(=O)NC(C)c2nccs2)cc1Br. The third kappa shape index (κ3) is 3.48. The Balaban J connectivity index is 2.34. The maximum Gasteiger partial charge on any atom is 0.242 e. The molecule has 4 nitrogen and oxygen atoms in total. The van der Waals surface area contributed by atoms with E-state index in [0.29, 0.717) is 4.47 Å². The summed E-state index contributed by atoms with van der Waals surface area (Å²) in [6.07, 6.45) is 1.66. The number of halogens is 2. The molecular weight excluding hydrogens is 428 g/mol. The van der Waals surface area contributed by atoms with Crippen molar-refractivity contribution in [3.05, 3.63) is 43.2 Å². The number of aryl methyl sites for hydroxylation is 1. The molecule has 20 heavy (non-hydrogen) atoms. The van der Waals surface area contributed by atoms with Gasteiger partial charge in [-0.2, -0.15) is 0 Å². The van der Waals surface area contributed by atoms with Gasteiger partial charge in [0.2, 0.25) is 10.0 Å². The molecule has 0 aliphatic carbocycles. The lowest BCUT2D eigenvalue weighted by Crippen LogP contribution is -2.27. The molecule has 1 N–H and O–H groups in total. The monoisotopic (exact) mass is 438 g/mol. The molecular formula is C12H12Br2N2O2S2. The molecule has 0 bridgehead atoms. The second-order valence-electron chi connectivity index (χ2n) is 4.25. The topological polar surface area (TPSA) is 59.1 Å². The van der Waals surface area contributed by atoms with Gasteiger partial charge in [0, 0.05) is 20.5 Å². The van der Waals surface area contributed by atoms with E-state index < -0.39 is 10.0 Å². The quantitative estimate of drug-likeness (QED) is 0.782. The zero-order valence-corrected chi connectivity index (χ0v) is 15.5. The highest BCUT2D eigenvalue weighted by Gasteiger charge is 2.22. The number of rotatable bonds is 4. The lowest BCUT2D eigenvalue weighted by Gasteiger charge is -2.14. The molecule has 2 rings (SSSR count). The molecule has 8 heteroatoms. The van der Waals surface area contributed by atoms with Gasteiger partial charge in [0.05, 0.1) is 10.9 Å². The number of hydrogen-bond acceptors (Lipinski definition) is 4. The van der Waals surface area contributed by atoms with Crippen molar-refractivity contribution in [2.24, 2.45) is 0 Å². The first-order valence-corrected chi connectivity index (χ1v) is 9.63. The van der Waals surface area contributed by atoms with Gasteiger partial charge < -0.3 is 0 Å². The highest BCUT2D eigenvalue weighted by molar-refractivity contribution is 9.11. The minimum absolute atomic E-state index is 0.207. The molecule has 1 atom stereocenters. The third-order valence-corrected chi connectivity index (χ3v) is 6.97. The van der Waals surface area contributed by atoms with Crippen LogP contribution in [0.15, 0.2) is 37.6 Å². The summed E-state index contributed by atoms with van der Waals surface area (Å²) in [6, 6.07) is 3.00. The van der Waals surface area contributed by atoms with Crippen LogP contribution in [0.1, 0.15) is 23.5 Å². The summed E-state index contributed by atoms with van der Waals surface area (Å²) in [5, 5.41) is 2.55. The molecule has 0 saturated heterocycles. The number of hydrogen-bond donors (Lipinski definition) is 1. The molecule has 1 heterocycles. The zero-order valence-electron chi connectivity index (χ0n) is 10.7. The van der Waals surface area contributed by atoms with E-state index in [0.717, 1.165) is 15.0 Å². The fraction of sp³-hybridized carbons (Fsp3) is 0.250. The molecule has 1 aromatic heterocycles. The van der Waals surface area contributed by atoms with Gasteiger partial charge in [0.15, 0.2) is 0 Å². The molecule has 2 aromatic rings. The Labute approximate surface area is 138 Å². The average molecular weight is 440 g/mol. The van der Waals surface area contributed by atoms with E-state index in [2.05, 4.69) is 41.6 Å². The first-order chi connectivity index (χ1) is 9.31. The molecule has 0 aliphatic heterocycles. The van der Waals surface area contributed by atoms with Crippen molar-refractivity contribution in [1.82, 2.24) is 9.71 Å². The number of aromatic nitrogens is 1. The van der Waals surface area contributed by atoms with Crippen LogP contribution >= 0.6 is 43.2 Å². The lowest BCUT2D eigenvalue weighted by atomic mass is 10.2. The summed E-state index contributed by atoms with van der Waals surface area (Å²) in [7, 11) is -3.62. The Bertz CT molecular complexity index is 715. The summed E-state index contributed by atoms with van der Waals surface area (Å²) >= 11 is 8.07. The van der Waals surface area contributed by atoms with Crippen LogP contribution in [0.2, 0.25) is 0 Å². The normalized spacial score (nSPS) is 13.4. The van der Waals surface area contributed by atoms with E-state index in [1.54, 1.807) is 25.3 Å². The van der Waals surface area contributed by atoms with Crippen molar-refractivity contribution in [3.8, 4) is 0 Å². The predicted molar refractivity (Wildman–Crippen MR) is 87.4 cm³/mol. The molecule has 0 amide bonds. The van der Waals surface area contributed by atoms with Crippen LogP contribution in [0.5, 0.6) is 0 Å². The van der Waals surface area contributed by atoms with E-state index in [1.165, 1.54) is 11.3 Å².